The second-order valence-corrected chi connectivity index (χ2v) is 2.33. The van der Waals surface area contributed by atoms with Crippen LogP contribution in [0.3, 0.4) is 0 Å². The van der Waals surface area contributed by atoms with Crippen LogP contribution in [0.2, 0.25) is 13.6 Å². The van der Waals surface area contributed by atoms with Gasteiger partial charge in [0.15, 0.2) is 6.71 Å². The number of hydrogen-bond acceptors (Lipinski definition) is 2. The fourth-order valence-corrected chi connectivity index (χ4v) is 0.642. The molecule has 0 aromatic carbocycles. The van der Waals surface area contributed by atoms with Gasteiger partial charge in [0.25, 0.3) is 0 Å². The van der Waals surface area contributed by atoms with Gasteiger partial charge in [0.05, 0.1) is 0 Å². The minimum absolute atomic E-state index is 0.556. The van der Waals surface area contributed by atoms with Crippen LogP contribution in [-0.2, 0) is 0 Å². The Morgan fingerprint density at radius 2 is 2.11 bits per heavy atom. The summed E-state index contributed by atoms with van der Waals surface area (Å²) in [4.78, 5) is 0. The summed E-state index contributed by atoms with van der Waals surface area (Å²) in [6, 6.07) is 1.98. The molecular formula is C6H9BN2. The molecule has 0 aliphatic carbocycles. The van der Waals surface area contributed by atoms with Crippen molar-refractivity contribution in [2.24, 2.45) is 0 Å². The quantitative estimate of drug-likeness (QED) is 0.502. The van der Waals surface area contributed by atoms with Crippen LogP contribution in [0.1, 0.15) is 0 Å². The highest BCUT2D eigenvalue weighted by Crippen LogP contribution is 1.80. The van der Waals surface area contributed by atoms with Crippen molar-refractivity contribution in [1.82, 2.24) is 10.2 Å². The molecule has 0 saturated heterocycles. The average Bonchev–Trinajstić information content (AvgIpc) is 1.90. The summed E-state index contributed by atoms with van der Waals surface area (Å²) < 4.78 is 0. The van der Waals surface area contributed by atoms with Crippen molar-refractivity contribution in [1.29, 1.82) is 0 Å². The van der Waals surface area contributed by atoms with Gasteiger partial charge in [0.2, 0.25) is 0 Å². The zero-order valence-corrected chi connectivity index (χ0v) is 5.70. The van der Waals surface area contributed by atoms with Crippen LogP contribution < -0.4 is 5.46 Å². The van der Waals surface area contributed by atoms with E-state index in [1.165, 1.54) is 5.46 Å². The maximum Gasteiger partial charge on any atom is 0.171 e. The fraction of sp³-hybridized carbons (Fsp3) is 0.333. The molecule has 2 nitrogen and oxygen atoms in total. The van der Waals surface area contributed by atoms with E-state index in [-0.39, 0.29) is 0 Å². The number of hydrogen-bond donors (Lipinski definition) is 0. The molecule has 1 rings (SSSR count). The molecule has 0 saturated carbocycles. The van der Waals surface area contributed by atoms with Crippen LogP contribution in [0.5, 0.6) is 0 Å². The lowest BCUT2D eigenvalue weighted by atomic mass is 9.50. The molecule has 0 spiro atoms. The monoisotopic (exact) mass is 120 g/mol. The van der Waals surface area contributed by atoms with E-state index in [9.17, 15) is 0 Å². The molecule has 9 heavy (non-hydrogen) atoms. The highest BCUT2D eigenvalue weighted by molar-refractivity contribution is 6.70. The first-order valence-electron chi connectivity index (χ1n) is 3.07. The van der Waals surface area contributed by atoms with Crippen molar-refractivity contribution >= 4 is 12.2 Å². The molecule has 1 aromatic heterocycles. The molecule has 46 valence electrons. The molecule has 0 bridgehead atoms. The van der Waals surface area contributed by atoms with Crippen molar-refractivity contribution in [3.63, 3.8) is 0 Å². The lowest BCUT2D eigenvalue weighted by molar-refractivity contribution is 1.04. The topological polar surface area (TPSA) is 25.8 Å². The van der Waals surface area contributed by atoms with Gasteiger partial charge < -0.3 is 0 Å². The summed E-state index contributed by atoms with van der Waals surface area (Å²) in [6.45, 7) is 4.83. The predicted molar refractivity (Wildman–Crippen MR) is 39.1 cm³/mol. The Morgan fingerprint density at radius 3 is 2.44 bits per heavy atom. The summed E-state index contributed by atoms with van der Waals surface area (Å²) in [5, 5.41) is 7.43. The fourth-order valence-electron chi connectivity index (χ4n) is 0.642. The molecule has 0 unspecified atom stereocenters. The van der Waals surface area contributed by atoms with Gasteiger partial charge in [-0.15, -0.1) is 0 Å². The average molecular weight is 120 g/mol. The zero-order chi connectivity index (χ0) is 6.69. The van der Waals surface area contributed by atoms with Gasteiger partial charge in [-0.3, -0.25) is 0 Å². The Morgan fingerprint density at radius 1 is 1.33 bits per heavy atom. The van der Waals surface area contributed by atoms with Crippen LogP contribution in [0.25, 0.3) is 0 Å². The van der Waals surface area contributed by atoms with Crippen LogP contribution >= 0.6 is 0 Å². The van der Waals surface area contributed by atoms with E-state index in [0.29, 0.717) is 6.71 Å². The van der Waals surface area contributed by atoms with Crippen LogP contribution in [0.15, 0.2) is 18.5 Å². The molecule has 3 heteroatoms. The third-order valence-corrected chi connectivity index (χ3v) is 1.27. The summed E-state index contributed by atoms with van der Waals surface area (Å²) in [6.07, 6.45) is 3.51. The van der Waals surface area contributed by atoms with Gasteiger partial charge in [-0.05, 0) is 6.07 Å². The van der Waals surface area contributed by atoms with Crippen LogP contribution in [-0.4, -0.2) is 16.9 Å². The third kappa shape index (κ3) is 1.52. The van der Waals surface area contributed by atoms with Crippen molar-refractivity contribution in [3.8, 4) is 0 Å². The van der Waals surface area contributed by atoms with E-state index in [1.54, 1.807) is 12.4 Å². The number of rotatable bonds is 1. The van der Waals surface area contributed by atoms with Gasteiger partial charge >= 0.3 is 0 Å². The van der Waals surface area contributed by atoms with E-state index in [0.717, 1.165) is 0 Å². The number of aromatic nitrogens is 2. The largest absolute Gasteiger partial charge is 0.171 e. The van der Waals surface area contributed by atoms with Gasteiger partial charge in [0, 0.05) is 12.4 Å². The Hall–Kier alpha value is -0.855. The normalized spacial score (nSPS) is 9.11. The summed E-state index contributed by atoms with van der Waals surface area (Å²) in [5.74, 6) is 0. The van der Waals surface area contributed by atoms with E-state index in [1.807, 2.05) is 6.07 Å². The zero-order valence-electron chi connectivity index (χ0n) is 5.70. The van der Waals surface area contributed by atoms with Crippen LogP contribution in [0.4, 0.5) is 0 Å². The van der Waals surface area contributed by atoms with Crippen molar-refractivity contribution in [2.45, 2.75) is 13.6 Å². The highest BCUT2D eigenvalue weighted by Gasteiger charge is 1.99. The number of nitrogens with zero attached hydrogens (tertiary/aromatic N) is 2. The molecule has 1 heterocycles. The standard InChI is InChI=1S/C6H9BN2/c1-7(2)6-3-4-8-9-5-6/h3-5H,1-2H3. The second-order valence-electron chi connectivity index (χ2n) is 2.33. The first-order chi connectivity index (χ1) is 4.30. The van der Waals surface area contributed by atoms with E-state index in [2.05, 4.69) is 23.8 Å². The van der Waals surface area contributed by atoms with Crippen molar-refractivity contribution < 1.29 is 0 Å². The molecule has 0 fully saturated rings. The Kier molecular flexibility index (Phi) is 1.83. The SMILES string of the molecule is CB(C)c1ccnnc1. The molecule has 1 aromatic rings. The first kappa shape index (κ1) is 6.27. The molecule has 0 atom stereocenters. The minimum Gasteiger partial charge on any atom is -0.160 e. The molecule has 0 N–H and O–H groups in total. The van der Waals surface area contributed by atoms with Gasteiger partial charge in [-0.25, -0.2) is 0 Å². The molecule has 0 aliphatic heterocycles. The Balaban J connectivity index is 2.85. The summed E-state index contributed by atoms with van der Waals surface area (Å²) in [7, 11) is 0. The van der Waals surface area contributed by atoms with Gasteiger partial charge in [-0.2, -0.15) is 10.2 Å². The molecular weight excluding hydrogens is 111 g/mol. The second kappa shape index (κ2) is 2.62. The molecule has 0 radical (unpaired) electrons. The molecule has 0 amide bonds. The summed E-state index contributed by atoms with van der Waals surface area (Å²) in [5.41, 5.74) is 1.24. The Bertz CT molecular complexity index is 174. The lowest BCUT2D eigenvalue weighted by Gasteiger charge is -1.96. The van der Waals surface area contributed by atoms with E-state index >= 15 is 0 Å². The maximum absolute atomic E-state index is 3.76. The van der Waals surface area contributed by atoms with Crippen LogP contribution in [0, 0.1) is 0 Å². The predicted octanol–water partition coefficient (Wildman–Crippen LogP) is 0.438. The maximum atomic E-state index is 3.76. The molecule has 0 aliphatic rings. The lowest BCUT2D eigenvalue weighted by Crippen LogP contribution is -2.22. The van der Waals surface area contributed by atoms with Crippen molar-refractivity contribution in [3.05, 3.63) is 18.5 Å². The highest BCUT2D eigenvalue weighted by atomic mass is 15.1. The van der Waals surface area contributed by atoms with Gasteiger partial charge in [-0.1, -0.05) is 19.1 Å². The van der Waals surface area contributed by atoms with E-state index in [4.69, 9.17) is 0 Å². The third-order valence-electron chi connectivity index (χ3n) is 1.27. The van der Waals surface area contributed by atoms with Crippen molar-refractivity contribution in [2.75, 3.05) is 0 Å². The van der Waals surface area contributed by atoms with Gasteiger partial charge in [0.1, 0.15) is 0 Å². The smallest absolute Gasteiger partial charge is 0.160 e. The summed E-state index contributed by atoms with van der Waals surface area (Å²) >= 11 is 0. The minimum atomic E-state index is 0.556. The first-order valence-corrected chi connectivity index (χ1v) is 3.07. The Labute approximate surface area is 55.4 Å². The van der Waals surface area contributed by atoms with E-state index < -0.39 is 0 Å².